The molecule has 0 saturated heterocycles. The van der Waals surface area contributed by atoms with Crippen LogP contribution in [0.25, 0.3) is 0 Å². The summed E-state index contributed by atoms with van der Waals surface area (Å²) >= 11 is 12.0. The number of Topliss-reactive ketones (excluding diaryl/α,β-unsaturated/α-hetero) is 1. The van der Waals surface area contributed by atoms with Crippen molar-refractivity contribution in [1.82, 2.24) is 4.98 Å². The van der Waals surface area contributed by atoms with E-state index in [-0.39, 0.29) is 17.8 Å². The molecule has 144 valence electrons. The molecule has 29 heavy (non-hydrogen) atoms. The van der Waals surface area contributed by atoms with E-state index < -0.39 is 17.6 Å². The summed E-state index contributed by atoms with van der Waals surface area (Å²) in [6.07, 6.45) is 1.51. The zero-order chi connectivity index (χ0) is 20.5. The standard InChI is InChI=1S/C21H13Cl2N3O3/c22-15-6-4-12(9-16(15)23)11-26-18-7-5-13(10-14(18)19(27)21(26)29)25-20(28)17-3-1-2-8-24-17/h1-10H,11H2,(H,25,28). The highest BCUT2D eigenvalue weighted by atomic mass is 35.5. The summed E-state index contributed by atoms with van der Waals surface area (Å²) < 4.78 is 0. The third-order valence-electron chi connectivity index (χ3n) is 4.45. The van der Waals surface area contributed by atoms with Crippen LogP contribution in [-0.2, 0) is 11.3 Å². The molecule has 0 unspecified atom stereocenters. The van der Waals surface area contributed by atoms with Gasteiger partial charge in [-0.3, -0.25) is 19.4 Å². The van der Waals surface area contributed by atoms with Gasteiger partial charge in [0, 0.05) is 11.9 Å². The van der Waals surface area contributed by atoms with Gasteiger partial charge < -0.3 is 10.2 Å². The van der Waals surface area contributed by atoms with Gasteiger partial charge in [-0.1, -0.05) is 35.3 Å². The van der Waals surface area contributed by atoms with Crippen molar-refractivity contribution in [2.45, 2.75) is 6.54 Å². The van der Waals surface area contributed by atoms with E-state index in [4.69, 9.17) is 23.2 Å². The van der Waals surface area contributed by atoms with E-state index in [9.17, 15) is 14.4 Å². The van der Waals surface area contributed by atoms with E-state index >= 15 is 0 Å². The zero-order valence-corrected chi connectivity index (χ0v) is 16.4. The monoisotopic (exact) mass is 425 g/mol. The van der Waals surface area contributed by atoms with Gasteiger partial charge in [0.1, 0.15) is 5.69 Å². The van der Waals surface area contributed by atoms with Crippen LogP contribution in [0.2, 0.25) is 10.0 Å². The highest BCUT2D eigenvalue weighted by Crippen LogP contribution is 2.33. The van der Waals surface area contributed by atoms with Crippen LogP contribution >= 0.6 is 23.2 Å². The van der Waals surface area contributed by atoms with E-state index in [0.29, 0.717) is 21.4 Å². The SMILES string of the molecule is O=C(Nc1ccc2c(c1)C(=O)C(=O)N2Cc1ccc(Cl)c(Cl)c1)c1ccccn1. The molecule has 2 heterocycles. The van der Waals surface area contributed by atoms with E-state index in [1.165, 1.54) is 17.2 Å². The van der Waals surface area contributed by atoms with Crippen molar-refractivity contribution in [3.63, 3.8) is 0 Å². The van der Waals surface area contributed by atoms with Crippen molar-refractivity contribution in [1.29, 1.82) is 0 Å². The fourth-order valence-electron chi connectivity index (χ4n) is 3.05. The van der Waals surface area contributed by atoms with Crippen molar-refractivity contribution < 1.29 is 14.4 Å². The first kappa shape index (κ1) is 19.1. The van der Waals surface area contributed by atoms with Crippen molar-refractivity contribution in [3.8, 4) is 0 Å². The number of fused-ring (bicyclic) bond motifs is 1. The third-order valence-corrected chi connectivity index (χ3v) is 5.19. The molecule has 6 nitrogen and oxygen atoms in total. The van der Waals surface area contributed by atoms with Crippen LogP contribution in [-0.4, -0.2) is 22.6 Å². The maximum atomic E-state index is 12.5. The Kier molecular flexibility index (Phi) is 5.05. The first-order valence-corrected chi connectivity index (χ1v) is 9.36. The van der Waals surface area contributed by atoms with Gasteiger partial charge in [-0.2, -0.15) is 0 Å². The van der Waals surface area contributed by atoms with Crippen molar-refractivity contribution in [3.05, 3.63) is 87.7 Å². The smallest absolute Gasteiger partial charge is 0.299 e. The van der Waals surface area contributed by atoms with Gasteiger partial charge in [-0.05, 0) is 48.0 Å². The lowest BCUT2D eigenvalue weighted by Crippen LogP contribution is -2.29. The van der Waals surface area contributed by atoms with Crippen LogP contribution in [0.4, 0.5) is 11.4 Å². The van der Waals surface area contributed by atoms with Crippen LogP contribution in [0.1, 0.15) is 26.4 Å². The molecule has 0 radical (unpaired) electrons. The molecule has 0 atom stereocenters. The van der Waals surface area contributed by atoms with Crippen LogP contribution < -0.4 is 10.2 Å². The number of hydrogen-bond acceptors (Lipinski definition) is 4. The van der Waals surface area contributed by atoms with E-state index in [1.807, 2.05) is 0 Å². The van der Waals surface area contributed by atoms with Gasteiger partial charge >= 0.3 is 0 Å². The predicted molar refractivity (Wildman–Crippen MR) is 111 cm³/mol. The highest BCUT2D eigenvalue weighted by molar-refractivity contribution is 6.52. The second-order valence-corrected chi connectivity index (χ2v) is 7.18. The summed E-state index contributed by atoms with van der Waals surface area (Å²) in [5.41, 5.74) is 2.09. The van der Waals surface area contributed by atoms with Crippen LogP contribution in [0.5, 0.6) is 0 Å². The van der Waals surface area contributed by atoms with Gasteiger partial charge in [0.2, 0.25) is 0 Å². The molecular formula is C21H13Cl2N3O3. The summed E-state index contributed by atoms with van der Waals surface area (Å²) in [5.74, 6) is -1.68. The lowest BCUT2D eigenvalue weighted by atomic mass is 10.1. The number of carbonyl (C=O) groups is 3. The number of carbonyl (C=O) groups excluding carboxylic acids is 3. The average molecular weight is 426 g/mol. The number of hydrogen-bond donors (Lipinski definition) is 1. The van der Waals surface area contributed by atoms with Gasteiger partial charge in [0.25, 0.3) is 17.6 Å². The number of halogens is 2. The van der Waals surface area contributed by atoms with Gasteiger partial charge in [0.15, 0.2) is 0 Å². The normalized spacial score (nSPS) is 12.8. The number of nitrogens with one attached hydrogen (secondary N) is 1. The number of aromatic nitrogens is 1. The quantitative estimate of drug-likeness (QED) is 0.629. The number of rotatable bonds is 4. The van der Waals surface area contributed by atoms with Crippen LogP contribution in [0.3, 0.4) is 0 Å². The van der Waals surface area contributed by atoms with Gasteiger partial charge in [-0.25, -0.2) is 0 Å². The lowest BCUT2D eigenvalue weighted by molar-refractivity contribution is -0.114. The second-order valence-electron chi connectivity index (χ2n) is 6.37. The van der Waals surface area contributed by atoms with E-state index in [2.05, 4.69) is 10.3 Å². The number of benzene rings is 2. The molecule has 4 rings (SSSR count). The number of amides is 2. The molecular weight excluding hydrogens is 413 g/mol. The average Bonchev–Trinajstić information content (AvgIpc) is 2.96. The highest BCUT2D eigenvalue weighted by Gasteiger charge is 2.36. The Morgan fingerprint density at radius 2 is 1.83 bits per heavy atom. The molecule has 1 N–H and O–H groups in total. The molecule has 0 fully saturated rings. The minimum Gasteiger partial charge on any atom is -0.321 e. The second kappa shape index (κ2) is 7.66. The third kappa shape index (κ3) is 3.72. The number of ketones is 1. The van der Waals surface area contributed by atoms with E-state index in [1.54, 1.807) is 48.5 Å². The molecule has 1 aliphatic heterocycles. The Hall–Kier alpha value is -3.22. The molecule has 3 aromatic rings. The zero-order valence-electron chi connectivity index (χ0n) is 14.9. The van der Waals surface area contributed by atoms with Gasteiger partial charge in [0.05, 0.1) is 27.8 Å². The molecule has 0 bridgehead atoms. The molecule has 0 saturated carbocycles. The van der Waals surface area contributed by atoms with Crippen molar-refractivity contribution in [2.24, 2.45) is 0 Å². The Bertz CT molecular complexity index is 1150. The molecule has 8 heteroatoms. The molecule has 1 aliphatic rings. The first-order valence-electron chi connectivity index (χ1n) is 8.60. The fraction of sp³-hybridized carbons (Fsp3) is 0.0476. The van der Waals surface area contributed by atoms with Gasteiger partial charge in [-0.15, -0.1) is 0 Å². The number of anilines is 2. The maximum absolute atomic E-state index is 12.5. The molecule has 0 spiro atoms. The minimum absolute atomic E-state index is 0.175. The van der Waals surface area contributed by atoms with Crippen molar-refractivity contribution >= 4 is 52.2 Å². The van der Waals surface area contributed by atoms with E-state index in [0.717, 1.165) is 5.56 Å². The summed E-state index contributed by atoms with van der Waals surface area (Å²) in [5, 5.41) is 3.47. The fourth-order valence-corrected chi connectivity index (χ4v) is 3.37. The first-order chi connectivity index (χ1) is 13.9. The topological polar surface area (TPSA) is 79.4 Å². The Morgan fingerprint density at radius 3 is 2.55 bits per heavy atom. The van der Waals surface area contributed by atoms with Crippen LogP contribution in [0.15, 0.2) is 60.8 Å². The lowest BCUT2D eigenvalue weighted by Gasteiger charge is -2.17. The largest absolute Gasteiger partial charge is 0.321 e. The van der Waals surface area contributed by atoms with Crippen LogP contribution in [0, 0.1) is 0 Å². The number of nitrogens with zero attached hydrogens (tertiary/aromatic N) is 2. The maximum Gasteiger partial charge on any atom is 0.299 e. The molecule has 2 aromatic carbocycles. The minimum atomic E-state index is -0.640. The summed E-state index contributed by atoms with van der Waals surface area (Å²) in [4.78, 5) is 42.6. The predicted octanol–water partition coefficient (Wildman–Crippen LogP) is 4.37. The molecule has 0 aliphatic carbocycles. The number of pyridine rings is 1. The van der Waals surface area contributed by atoms with Crippen molar-refractivity contribution in [2.75, 3.05) is 10.2 Å². The summed E-state index contributed by atoms with van der Waals surface area (Å²) in [6.45, 7) is 0.175. The summed E-state index contributed by atoms with van der Waals surface area (Å²) in [7, 11) is 0. The molecule has 1 aromatic heterocycles. The Balaban J connectivity index is 1.59. The Labute approximate surface area is 176 Å². The Morgan fingerprint density at radius 1 is 1.00 bits per heavy atom. The summed E-state index contributed by atoms with van der Waals surface area (Å²) in [6, 6.07) is 14.8. The molecule has 2 amide bonds.